The number of hydrogen-bond acceptors (Lipinski definition) is 3. The highest BCUT2D eigenvalue weighted by Crippen LogP contribution is 2.34. The van der Waals surface area contributed by atoms with Gasteiger partial charge in [-0.25, -0.2) is 9.18 Å². The van der Waals surface area contributed by atoms with Gasteiger partial charge in [-0.2, -0.15) is 0 Å². The fourth-order valence-electron chi connectivity index (χ4n) is 2.83. The normalized spacial score (nSPS) is 16.9. The van der Waals surface area contributed by atoms with Crippen molar-refractivity contribution in [2.75, 3.05) is 38.3 Å². The van der Waals surface area contributed by atoms with Gasteiger partial charge in [0.15, 0.2) is 0 Å². The van der Waals surface area contributed by atoms with Crippen molar-refractivity contribution in [3.63, 3.8) is 0 Å². The van der Waals surface area contributed by atoms with Gasteiger partial charge >= 0.3 is 6.03 Å². The number of hydrogen-bond donors (Lipinski definition) is 2. The molecule has 1 aromatic carbocycles. The number of carbonyl (C=O) groups excluding carboxylic acids is 1. The van der Waals surface area contributed by atoms with Crippen LogP contribution >= 0.6 is 0 Å². The summed E-state index contributed by atoms with van der Waals surface area (Å²) < 4.78 is 17.3. The van der Waals surface area contributed by atoms with E-state index in [4.69, 9.17) is 4.74 Å². The third-order valence-corrected chi connectivity index (χ3v) is 4.63. The summed E-state index contributed by atoms with van der Waals surface area (Å²) in [4.78, 5) is 14.1. The highest BCUT2D eigenvalue weighted by atomic mass is 19.1. The Kier molecular flexibility index (Phi) is 6.21. The van der Waals surface area contributed by atoms with E-state index in [-0.39, 0.29) is 24.7 Å². The van der Waals surface area contributed by atoms with E-state index >= 15 is 0 Å². The number of piperidine rings is 1. The molecule has 0 spiro atoms. The molecule has 23 heavy (non-hydrogen) atoms. The summed E-state index contributed by atoms with van der Waals surface area (Å²) in [5.74, 6) is 0.532. The summed E-state index contributed by atoms with van der Waals surface area (Å²) in [6.45, 7) is 2.98. The molecule has 0 bridgehead atoms. The van der Waals surface area contributed by atoms with E-state index < -0.39 is 6.67 Å². The van der Waals surface area contributed by atoms with Crippen LogP contribution in [-0.2, 0) is 0 Å². The van der Waals surface area contributed by atoms with Crippen molar-refractivity contribution in [3.05, 3.63) is 24.3 Å². The number of aliphatic hydroxyl groups excluding tert-OH is 1. The van der Waals surface area contributed by atoms with Crippen LogP contribution in [-0.4, -0.2) is 49.0 Å². The maximum absolute atomic E-state index is 12.3. The predicted molar refractivity (Wildman–Crippen MR) is 87.5 cm³/mol. The lowest BCUT2D eigenvalue weighted by Gasteiger charge is -2.40. The van der Waals surface area contributed by atoms with Gasteiger partial charge in [0, 0.05) is 31.5 Å². The average Bonchev–Trinajstić information content (AvgIpc) is 2.60. The second kappa shape index (κ2) is 8.15. The van der Waals surface area contributed by atoms with Crippen LogP contribution < -0.4 is 10.1 Å². The van der Waals surface area contributed by atoms with Crippen molar-refractivity contribution in [1.82, 2.24) is 4.90 Å². The van der Waals surface area contributed by atoms with Crippen LogP contribution in [0.1, 0.15) is 26.2 Å². The lowest BCUT2D eigenvalue weighted by molar-refractivity contribution is 0.0542. The number of carbonyl (C=O) groups is 1. The van der Waals surface area contributed by atoms with Gasteiger partial charge in [-0.1, -0.05) is 13.0 Å². The van der Waals surface area contributed by atoms with Crippen LogP contribution in [0.2, 0.25) is 0 Å². The molecule has 2 amide bonds. The molecule has 1 heterocycles. The number of halogens is 1. The molecule has 1 aromatic rings. The number of nitrogens with one attached hydrogen (secondary N) is 1. The molecule has 0 unspecified atom stereocenters. The van der Waals surface area contributed by atoms with E-state index in [9.17, 15) is 14.3 Å². The van der Waals surface area contributed by atoms with E-state index in [1.54, 1.807) is 29.2 Å². The first-order valence-corrected chi connectivity index (χ1v) is 8.08. The fourth-order valence-corrected chi connectivity index (χ4v) is 2.83. The molecule has 0 aliphatic carbocycles. The zero-order chi connectivity index (χ0) is 16.7. The van der Waals surface area contributed by atoms with E-state index in [2.05, 4.69) is 12.2 Å². The number of likely N-dealkylation sites (tertiary alicyclic amines) is 1. The molecular weight excluding hydrogens is 299 g/mol. The molecule has 1 saturated heterocycles. The van der Waals surface area contributed by atoms with Crippen molar-refractivity contribution >= 4 is 11.7 Å². The summed E-state index contributed by atoms with van der Waals surface area (Å²) in [5.41, 5.74) is 0.581. The molecule has 0 radical (unpaired) electrons. The summed E-state index contributed by atoms with van der Waals surface area (Å²) >= 11 is 0. The number of alkyl halides is 1. The first kappa shape index (κ1) is 17.5. The molecule has 128 valence electrons. The first-order valence-electron chi connectivity index (χ1n) is 8.08. The van der Waals surface area contributed by atoms with Gasteiger partial charge in [0.2, 0.25) is 0 Å². The Bertz CT molecular complexity index is 510. The number of nitrogens with zero attached hydrogens (tertiary/aromatic N) is 1. The number of urea groups is 1. The topological polar surface area (TPSA) is 61.8 Å². The van der Waals surface area contributed by atoms with E-state index in [0.717, 1.165) is 19.3 Å². The summed E-state index contributed by atoms with van der Waals surface area (Å²) in [7, 11) is 0. The van der Waals surface area contributed by atoms with Crippen LogP contribution in [0.4, 0.5) is 14.9 Å². The van der Waals surface area contributed by atoms with Gasteiger partial charge in [0.25, 0.3) is 0 Å². The minimum Gasteiger partial charge on any atom is -0.491 e. The molecule has 0 saturated carbocycles. The number of amides is 2. The van der Waals surface area contributed by atoms with Crippen molar-refractivity contribution in [2.24, 2.45) is 5.41 Å². The third kappa shape index (κ3) is 4.58. The third-order valence-electron chi connectivity index (χ3n) is 4.63. The van der Waals surface area contributed by atoms with Crippen LogP contribution in [0.15, 0.2) is 24.3 Å². The standard InChI is InChI=1S/C17H25FN2O3/c1-2-17(13-21)6-9-20(10-7-17)16(22)19-14-4-3-5-15(12-14)23-11-8-18/h3-5,12,21H,2,6-11,13H2,1H3,(H,19,22). The second-order valence-electron chi connectivity index (χ2n) is 5.99. The summed E-state index contributed by atoms with van der Waals surface area (Å²) in [6.07, 6.45) is 2.55. The van der Waals surface area contributed by atoms with E-state index in [1.165, 1.54) is 0 Å². The Labute approximate surface area is 136 Å². The minimum absolute atomic E-state index is 0.00375. The minimum atomic E-state index is -0.547. The van der Waals surface area contributed by atoms with E-state index in [1.807, 2.05) is 0 Å². The van der Waals surface area contributed by atoms with Gasteiger partial charge in [-0.3, -0.25) is 0 Å². The van der Waals surface area contributed by atoms with Crippen LogP contribution in [0.25, 0.3) is 0 Å². The smallest absolute Gasteiger partial charge is 0.321 e. The van der Waals surface area contributed by atoms with Gasteiger partial charge < -0.3 is 20.1 Å². The van der Waals surface area contributed by atoms with Gasteiger partial charge in [-0.15, -0.1) is 0 Å². The van der Waals surface area contributed by atoms with Gasteiger partial charge in [-0.05, 0) is 36.8 Å². The monoisotopic (exact) mass is 324 g/mol. The lowest BCUT2D eigenvalue weighted by atomic mass is 9.77. The van der Waals surface area contributed by atoms with Crippen molar-refractivity contribution in [1.29, 1.82) is 0 Å². The Morgan fingerprint density at radius 1 is 1.43 bits per heavy atom. The molecule has 2 rings (SSSR count). The largest absolute Gasteiger partial charge is 0.491 e. The molecule has 0 aromatic heterocycles. The van der Waals surface area contributed by atoms with Crippen LogP contribution in [0.3, 0.4) is 0 Å². The molecule has 1 aliphatic rings. The zero-order valence-corrected chi connectivity index (χ0v) is 13.6. The second-order valence-corrected chi connectivity index (χ2v) is 5.99. The highest BCUT2D eigenvalue weighted by molar-refractivity contribution is 5.89. The Morgan fingerprint density at radius 3 is 2.78 bits per heavy atom. The van der Waals surface area contributed by atoms with Crippen LogP contribution in [0.5, 0.6) is 5.75 Å². The average molecular weight is 324 g/mol. The first-order chi connectivity index (χ1) is 11.1. The van der Waals surface area contributed by atoms with Crippen molar-refractivity contribution in [3.8, 4) is 5.75 Å². The summed E-state index contributed by atoms with van der Waals surface area (Å²) in [6, 6.07) is 6.78. The quantitative estimate of drug-likeness (QED) is 0.845. The maximum Gasteiger partial charge on any atom is 0.321 e. The van der Waals surface area contributed by atoms with Crippen molar-refractivity contribution < 1.29 is 19.0 Å². The number of rotatable bonds is 6. The predicted octanol–water partition coefficient (Wildman–Crippen LogP) is 3.05. The Morgan fingerprint density at radius 2 is 2.17 bits per heavy atom. The maximum atomic E-state index is 12.3. The number of ether oxygens (including phenoxy) is 1. The highest BCUT2D eigenvalue weighted by Gasteiger charge is 2.33. The molecule has 6 heteroatoms. The Hall–Kier alpha value is -1.82. The van der Waals surface area contributed by atoms with Crippen molar-refractivity contribution in [2.45, 2.75) is 26.2 Å². The zero-order valence-electron chi connectivity index (χ0n) is 13.6. The fraction of sp³-hybridized carbons (Fsp3) is 0.588. The molecule has 0 atom stereocenters. The van der Waals surface area contributed by atoms with Gasteiger partial charge in [0.05, 0.1) is 0 Å². The van der Waals surface area contributed by atoms with Gasteiger partial charge in [0.1, 0.15) is 19.0 Å². The Balaban J connectivity index is 1.90. The summed E-state index contributed by atoms with van der Waals surface area (Å²) in [5, 5.41) is 12.4. The number of benzene rings is 1. The van der Waals surface area contributed by atoms with E-state index in [0.29, 0.717) is 24.5 Å². The molecule has 1 aliphatic heterocycles. The number of anilines is 1. The molecule has 2 N–H and O–H groups in total. The molecule has 1 fully saturated rings. The lowest BCUT2D eigenvalue weighted by Crippen LogP contribution is -2.46. The van der Waals surface area contributed by atoms with Crippen LogP contribution in [0, 0.1) is 5.41 Å². The SMILES string of the molecule is CCC1(CO)CCN(C(=O)Nc2cccc(OCCF)c2)CC1. The molecular formula is C17H25FN2O3. The molecule has 5 nitrogen and oxygen atoms in total. The number of aliphatic hydroxyl groups is 1.